The van der Waals surface area contributed by atoms with Crippen LogP contribution >= 0.6 is 12.4 Å². The number of rotatable bonds is 5. The molecule has 1 aromatic rings. The van der Waals surface area contributed by atoms with Crippen molar-refractivity contribution in [3.05, 3.63) is 29.3 Å². The van der Waals surface area contributed by atoms with Gasteiger partial charge in [-0.25, -0.2) is 8.42 Å². The van der Waals surface area contributed by atoms with E-state index in [4.69, 9.17) is 0 Å². The van der Waals surface area contributed by atoms with Crippen molar-refractivity contribution in [1.29, 1.82) is 0 Å². The number of nitrogens with zero attached hydrogens (tertiary/aromatic N) is 2. The predicted molar refractivity (Wildman–Crippen MR) is 109 cm³/mol. The molecule has 1 atom stereocenters. The fraction of sp³-hybridized carbons (Fsp3) is 0.632. The number of carbonyl (C=O) groups is 1. The molecular formula is C19H30ClN3O3S. The third-order valence-corrected chi connectivity index (χ3v) is 7.52. The summed E-state index contributed by atoms with van der Waals surface area (Å²) >= 11 is 0. The van der Waals surface area contributed by atoms with Crippen LogP contribution in [-0.4, -0.2) is 62.8 Å². The molecule has 8 heteroatoms. The van der Waals surface area contributed by atoms with Gasteiger partial charge in [0.05, 0.1) is 4.90 Å². The molecule has 27 heavy (non-hydrogen) atoms. The van der Waals surface area contributed by atoms with Gasteiger partial charge in [0, 0.05) is 32.6 Å². The zero-order valence-corrected chi connectivity index (χ0v) is 17.7. The van der Waals surface area contributed by atoms with Crippen molar-refractivity contribution in [2.75, 3.05) is 39.3 Å². The molecule has 0 aliphatic carbocycles. The lowest BCUT2D eigenvalue weighted by Crippen LogP contribution is -2.50. The number of amides is 1. The van der Waals surface area contributed by atoms with Crippen molar-refractivity contribution < 1.29 is 13.2 Å². The number of benzene rings is 1. The lowest BCUT2D eigenvalue weighted by atomic mass is 10.0. The highest BCUT2D eigenvalue weighted by molar-refractivity contribution is 7.89. The summed E-state index contributed by atoms with van der Waals surface area (Å²) in [4.78, 5) is 14.6. The van der Waals surface area contributed by atoms with Crippen LogP contribution in [0.1, 0.15) is 30.4 Å². The fourth-order valence-electron chi connectivity index (χ4n) is 3.75. The SMILES string of the molecule is Cc1ccc(C)c(S(=O)(=O)N2CCN(C(=O)CCC3CCNC3)CC2)c1.Cl. The molecule has 0 radical (unpaired) electrons. The summed E-state index contributed by atoms with van der Waals surface area (Å²) in [6.07, 6.45) is 2.64. The lowest BCUT2D eigenvalue weighted by Gasteiger charge is -2.34. The minimum atomic E-state index is -3.50. The monoisotopic (exact) mass is 415 g/mol. The number of halogens is 1. The molecule has 6 nitrogen and oxygen atoms in total. The van der Waals surface area contributed by atoms with E-state index in [9.17, 15) is 13.2 Å². The van der Waals surface area contributed by atoms with Gasteiger partial charge in [0.2, 0.25) is 15.9 Å². The van der Waals surface area contributed by atoms with Crippen molar-refractivity contribution >= 4 is 28.3 Å². The Bertz CT molecular complexity index is 755. The fourth-order valence-corrected chi connectivity index (χ4v) is 5.48. The molecule has 0 spiro atoms. The standard InChI is InChI=1S/C19H29N3O3S.ClH/c1-15-3-4-16(2)18(13-15)26(24,25)22-11-9-21(10-12-22)19(23)6-5-17-7-8-20-14-17;/h3-4,13,17,20H,5-12,14H2,1-2H3;1H. The Morgan fingerprint density at radius 3 is 2.52 bits per heavy atom. The molecule has 0 bridgehead atoms. The van der Waals surface area contributed by atoms with Crippen molar-refractivity contribution in [3.63, 3.8) is 0 Å². The van der Waals surface area contributed by atoms with E-state index >= 15 is 0 Å². The molecule has 2 heterocycles. The molecule has 1 amide bonds. The molecule has 1 unspecified atom stereocenters. The van der Waals surface area contributed by atoms with Gasteiger partial charge in [-0.3, -0.25) is 4.79 Å². The van der Waals surface area contributed by atoms with Crippen LogP contribution in [0.4, 0.5) is 0 Å². The van der Waals surface area contributed by atoms with Crippen molar-refractivity contribution in [3.8, 4) is 0 Å². The third-order valence-electron chi connectivity index (χ3n) is 5.48. The molecule has 2 aliphatic heterocycles. The first kappa shape index (κ1) is 22.1. The minimum Gasteiger partial charge on any atom is -0.340 e. The van der Waals surface area contributed by atoms with Crippen LogP contribution in [0.2, 0.25) is 0 Å². The van der Waals surface area contributed by atoms with Crippen LogP contribution in [0.15, 0.2) is 23.1 Å². The Morgan fingerprint density at radius 1 is 1.19 bits per heavy atom. The van der Waals surface area contributed by atoms with E-state index in [1.807, 2.05) is 30.9 Å². The second-order valence-electron chi connectivity index (χ2n) is 7.45. The maximum absolute atomic E-state index is 13.0. The van der Waals surface area contributed by atoms with Crippen LogP contribution in [-0.2, 0) is 14.8 Å². The van der Waals surface area contributed by atoms with E-state index in [1.54, 1.807) is 6.07 Å². The van der Waals surface area contributed by atoms with Gasteiger partial charge < -0.3 is 10.2 Å². The molecule has 2 fully saturated rings. The zero-order chi connectivity index (χ0) is 18.7. The zero-order valence-electron chi connectivity index (χ0n) is 16.1. The Labute approximate surface area is 168 Å². The number of hydrogen-bond donors (Lipinski definition) is 1. The quantitative estimate of drug-likeness (QED) is 0.797. The maximum atomic E-state index is 13.0. The largest absolute Gasteiger partial charge is 0.340 e. The Balaban J connectivity index is 0.00000261. The molecule has 3 rings (SSSR count). The molecule has 0 aromatic heterocycles. The number of carbonyl (C=O) groups excluding carboxylic acids is 1. The summed E-state index contributed by atoms with van der Waals surface area (Å²) < 4.78 is 27.4. The van der Waals surface area contributed by atoms with Gasteiger partial charge in [0.15, 0.2) is 0 Å². The summed E-state index contributed by atoms with van der Waals surface area (Å²) in [6.45, 7) is 7.47. The van der Waals surface area contributed by atoms with E-state index in [0.717, 1.165) is 37.1 Å². The second-order valence-corrected chi connectivity index (χ2v) is 9.36. The Hall–Kier alpha value is -1.15. The summed E-state index contributed by atoms with van der Waals surface area (Å²) in [5, 5.41) is 3.32. The highest BCUT2D eigenvalue weighted by atomic mass is 35.5. The summed E-state index contributed by atoms with van der Waals surface area (Å²) in [5.41, 5.74) is 1.70. The van der Waals surface area contributed by atoms with Crippen molar-refractivity contribution in [1.82, 2.24) is 14.5 Å². The van der Waals surface area contributed by atoms with Gasteiger partial charge in [-0.15, -0.1) is 12.4 Å². The molecule has 152 valence electrons. The van der Waals surface area contributed by atoms with Crippen LogP contribution < -0.4 is 5.32 Å². The highest BCUT2D eigenvalue weighted by Crippen LogP contribution is 2.23. The van der Waals surface area contributed by atoms with Crippen LogP contribution in [0.3, 0.4) is 0 Å². The summed E-state index contributed by atoms with van der Waals surface area (Å²) in [7, 11) is -3.50. The van der Waals surface area contributed by atoms with E-state index in [2.05, 4.69) is 5.32 Å². The normalized spacial score (nSPS) is 21.1. The lowest BCUT2D eigenvalue weighted by molar-refractivity contribution is -0.132. The number of nitrogens with one attached hydrogen (secondary N) is 1. The van der Waals surface area contributed by atoms with Crippen molar-refractivity contribution in [2.45, 2.75) is 38.0 Å². The first-order valence-electron chi connectivity index (χ1n) is 9.44. The molecular weight excluding hydrogens is 386 g/mol. The molecule has 2 saturated heterocycles. The van der Waals surface area contributed by atoms with Crippen LogP contribution in [0.5, 0.6) is 0 Å². The molecule has 0 saturated carbocycles. The molecule has 1 aromatic carbocycles. The van der Waals surface area contributed by atoms with Gasteiger partial charge in [0.1, 0.15) is 0 Å². The maximum Gasteiger partial charge on any atom is 0.243 e. The minimum absolute atomic E-state index is 0. The van der Waals surface area contributed by atoms with Gasteiger partial charge >= 0.3 is 0 Å². The first-order chi connectivity index (χ1) is 12.4. The van der Waals surface area contributed by atoms with Gasteiger partial charge in [-0.05, 0) is 62.9 Å². The predicted octanol–water partition coefficient (Wildman–Crippen LogP) is 1.95. The smallest absolute Gasteiger partial charge is 0.243 e. The topological polar surface area (TPSA) is 69.7 Å². The molecule has 1 N–H and O–H groups in total. The third kappa shape index (κ3) is 5.22. The summed E-state index contributed by atoms with van der Waals surface area (Å²) in [5.74, 6) is 0.755. The molecule has 2 aliphatic rings. The first-order valence-corrected chi connectivity index (χ1v) is 10.9. The van der Waals surface area contributed by atoms with Gasteiger partial charge in [-0.1, -0.05) is 12.1 Å². The van der Waals surface area contributed by atoms with Crippen LogP contribution in [0.25, 0.3) is 0 Å². The average Bonchev–Trinajstić information content (AvgIpc) is 3.15. The van der Waals surface area contributed by atoms with Gasteiger partial charge in [-0.2, -0.15) is 4.31 Å². The van der Waals surface area contributed by atoms with E-state index in [1.165, 1.54) is 4.31 Å². The average molecular weight is 416 g/mol. The number of piperazine rings is 1. The van der Waals surface area contributed by atoms with E-state index < -0.39 is 10.0 Å². The summed E-state index contributed by atoms with van der Waals surface area (Å²) in [6, 6.07) is 5.50. The number of sulfonamides is 1. The van der Waals surface area contributed by atoms with E-state index in [-0.39, 0.29) is 18.3 Å². The Kier molecular flexibility index (Phi) is 7.68. The van der Waals surface area contributed by atoms with Gasteiger partial charge in [0.25, 0.3) is 0 Å². The second kappa shape index (κ2) is 9.37. The van der Waals surface area contributed by atoms with Crippen molar-refractivity contribution in [2.24, 2.45) is 5.92 Å². The Morgan fingerprint density at radius 2 is 1.89 bits per heavy atom. The highest BCUT2D eigenvalue weighted by Gasteiger charge is 2.31. The number of aryl methyl sites for hydroxylation is 2. The van der Waals surface area contributed by atoms with E-state index in [0.29, 0.717) is 43.4 Å². The number of hydrogen-bond acceptors (Lipinski definition) is 4. The van der Waals surface area contributed by atoms with Crippen LogP contribution in [0, 0.1) is 19.8 Å².